The van der Waals surface area contributed by atoms with Crippen molar-refractivity contribution in [2.45, 2.75) is 71.1 Å². The molecule has 0 atom stereocenters. The van der Waals surface area contributed by atoms with Crippen LogP contribution in [-0.2, 0) is 15.9 Å². The predicted molar refractivity (Wildman–Crippen MR) is 79.9 cm³/mol. The molecule has 110 valence electrons. The Morgan fingerprint density at radius 2 is 1.90 bits per heavy atom. The fraction of sp³-hybridized carbons (Fsp3) is 0.800. The largest absolute Gasteiger partial charge is 0.498 e. The monoisotopic (exact) mass is 276 g/mol. The third-order valence-corrected chi connectivity index (χ3v) is 4.88. The molecule has 0 N–H and O–H groups in total. The molecule has 1 saturated heterocycles. The zero-order valence-electron chi connectivity index (χ0n) is 13.1. The Balaban J connectivity index is 1.59. The maximum absolute atomic E-state index is 6.04. The highest BCUT2D eigenvalue weighted by molar-refractivity contribution is 6.61. The summed E-state index contributed by atoms with van der Waals surface area (Å²) in [5.74, 6) is 0.994. The van der Waals surface area contributed by atoms with Gasteiger partial charge in [0.2, 0.25) is 0 Å². The minimum atomic E-state index is -0.294. The van der Waals surface area contributed by atoms with Crippen LogP contribution in [0.15, 0.2) is 12.4 Å². The molecule has 1 aliphatic carbocycles. The van der Waals surface area contributed by atoms with E-state index < -0.39 is 0 Å². The van der Waals surface area contributed by atoms with Gasteiger partial charge in [0.05, 0.1) is 11.2 Å². The van der Waals surface area contributed by atoms with Crippen LogP contribution in [0.5, 0.6) is 0 Å². The Labute approximate surface area is 122 Å². The van der Waals surface area contributed by atoms with Crippen molar-refractivity contribution in [3.63, 3.8) is 0 Å². The summed E-state index contributed by atoms with van der Waals surface area (Å²) < 4.78 is 14.1. The van der Waals surface area contributed by atoms with Crippen molar-refractivity contribution >= 4 is 12.6 Å². The van der Waals surface area contributed by atoms with Crippen LogP contribution in [-0.4, -0.2) is 28.1 Å². The third-order valence-electron chi connectivity index (χ3n) is 4.88. The van der Waals surface area contributed by atoms with E-state index in [4.69, 9.17) is 9.31 Å². The molecule has 5 heteroatoms. The first-order valence-electron chi connectivity index (χ1n) is 7.75. The highest BCUT2D eigenvalue weighted by Crippen LogP contribution is 2.36. The van der Waals surface area contributed by atoms with Crippen LogP contribution in [0.4, 0.5) is 0 Å². The van der Waals surface area contributed by atoms with Gasteiger partial charge in [-0.05, 0) is 46.5 Å². The Bertz CT molecular complexity index is 464. The molecule has 4 nitrogen and oxygen atoms in total. The molecule has 2 fully saturated rings. The molecule has 0 radical (unpaired) electrons. The molecule has 0 aromatic carbocycles. The first-order chi connectivity index (χ1) is 9.37. The summed E-state index contributed by atoms with van der Waals surface area (Å²) in [6, 6.07) is 0. The van der Waals surface area contributed by atoms with Gasteiger partial charge in [-0.2, -0.15) is 5.10 Å². The molecule has 0 amide bonds. The lowest BCUT2D eigenvalue weighted by Gasteiger charge is -2.32. The van der Waals surface area contributed by atoms with Crippen LogP contribution in [0, 0.1) is 5.92 Å². The molecule has 1 aliphatic heterocycles. The fourth-order valence-electron chi connectivity index (χ4n) is 2.55. The normalized spacial score (nSPS) is 24.3. The molecule has 1 saturated carbocycles. The van der Waals surface area contributed by atoms with E-state index >= 15 is 0 Å². The van der Waals surface area contributed by atoms with Crippen molar-refractivity contribution < 1.29 is 9.31 Å². The van der Waals surface area contributed by atoms with E-state index in [1.807, 2.05) is 10.9 Å². The SMILES string of the molecule is CC1(C)OB(c2cnn(CCCC3CC3)c2)OC1(C)C. The molecule has 0 unspecified atom stereocenters. The zero-order chi connectivity index (χ0) is 14.4. The molecule has 20 heavy (non-hydrogen) atoms. The molecular formula is C15H25BN2O2. The quantitative estimate of drug-likeness (QED) is 0.775. The van der Waals surface area contributed by atoms with Crippen LogP contribution < -0.4 is 5.46 Å². The van der Waals surface area contributed by atoms with Gasteiger partial charge in [-0.3, -0.25) is 4.68 Å². The van der Waals surface area contributed by atoms with Gasteiger partial charge in [-0.1, -0.05) is 12.8 Å². The Morgan fingerprint density at radius 1 is 1.25 bits per heavy atom. The number of hydrogen-bond acceptors (Lipinski definition) is 3. The van der Waals surface area contributed by atoms with E-state index in [0.29, 0.717) is 0 Å². The lowest BCUT2D eigenvalue weighted by Crippen LogP contribution is -2.41. The van der Waals surface area contributed by atoms with Gasteiger partial charge < -0.3 is 9.31 Å². The van der Waals surface area contributed by atoms with Crippen molar-refractivity contribution in [3.05, 3.63) is 12.4 Å². The van der Waals surface area contributed by atoms with Crippen molar-refractivity contribution in [2.75, 3.05) is 0 Å². The lowest BCUT2D eigenvalue weighted by atomic mass is 9.82. The average molecular weight is 276 g/mol. The minimum absolute atomic E-state index is 0.286. The minimum Gasteiger partial charge on any atom is -0.399 e. The molecule has 3 rings (SSSR count). The number of rotatable bonds is 5. The first-order valence-corrected chi connectivity index (χ1v) is 7.75. The number of aromatic nitrogens is 2. The lowest BCUT2D eigenvalue weighted by molar-refractivity contribution is 0.00578. The van der Waals surface area contributed by atoms with E-state index in [2.05, 4.69) is 39.0 Å². The smallest absolute Gasteiger partial charge is 0.399 e. The number of hydrogen-bond donors (Lipinski definition) is 0. The summed E-state index contributed by atoms with van der Waals surface area (Å²) in [4.78, 5) is 0. The summed E-state index contributed by atoms with van der Waals surface area (Å²) in [6.07, 6.45) is 9.35. The fourth-order valence-corrected chi connectivity index (χ4v) is 2.55. The highest BCUT2D eigenvalue weighted by Gasteiger charge is 2.52. The number of aryl methyl sites for hydroxylation is 1. The van der Waals surface area contributed by atoms with E-state index in [9.17, 15) is 0 Å². The van der Waals surface area contributed by atoms with E-state index in [-0.39, 0.29) is 18.3 Å². The van der Waals surface area contributed by atoms with Crippen LogP contribution in [0.25, 0.3) is 0 Å². The third kappa shape index (κ3) is 2.79. The van der Waals surface area contributed by atoms with Crippen molar-refractivity contribution in [3.8, 4) is 0 Å². The molecule has 2 heterocycles. The number of nitrogens with zero attached hydrogens (tertiary/aromatic N) is 2. The predicted octanol–water partition coefficient (Wildman–Crippen LogP) is 2.37. The van der Waals surface area contributed by atoms with E-state index in [1.54, 1.807) is 0 Å². The topological polar surface area (TPSA) is 36.3 Å². The Morgan fingerprint density at radius 3 is 2.50 bits per heavy atom. The molecule has 0 spiro atoms. The second kappa shape index (κ2) is 4.88. The molecule has 1 aromatic heterocycles. The van der Waals surface area contributed by atoms with Crippen LogP contribution in [0.3, 0.4) is 0 Å². The maximum Gasteiger partial charge on any atom is 0.498 e. The van der Waals surface area contributed by atoms with Gasteiger partial charge in [-0.15, -0.1) is 0 Å². The van der Waals surface area contributed by atoms with Gasteiger partial charge in [0.25, 0.3) is 0 Å². The van der Waals surface area contributed by atoms with E-state index in [0.717, 1.165) is 17.9 Å². The summed E-state index contributed by atoms with van der Waals surface area (Å²) in [7, 11) is -0.294. The average Bonchev–Trinajstić information content (AvgIpc) is 2.98. The second-order valence-electron chi connectivity index (χ2n) is 7.21. The summed E-state index contributed by atoms with van der Waals surface area (Å²) >= 11 is 0. The summed E-state index contributed by atoms with van der Waals surface area (Å²) in [5, 5.41) is 4.43. The van der Waals surface area contributed by atoms with Gasteiger partial charge >= 0.3 is 7.12 Å². The summed E-state index contributed by atoms with van der Waals surface area (Å²) in [5.41, 5.74) is 0.451. The van der Waals surface area contributed by atoms with Crippen molar-refractivity contribution in [1.29, 1.82) is 0 Å². The van der Waals surface area contributed by atoms with Crippen molar-refractivity contribution in [1.82, 2.24) is 9.78 Å². The van der Waals surface area contributed by atoms with Crippen LogP contribution >= 0.6 is 0 Å². The molecular weight excluding hydrogens is 251 g/mol. The van der Waals surface area contributed by atoms with Gasteiger partial charge in [-0.25, -0.2) is 0 Å². The molecule has 2 aliphatic rings. The highest BCUT2D eigenvalue weighted by atomic mass is 16.7. The molecule has 1 aromatic rings. The second-order valence-corrected chi connectivity index (χ2v) is 7.21. The standard InChI is InChI=1S/C15H25BN2O2/c1-14(2)15(3,4)20-16(19-14)13-10-17-18(11-13)9-5-6-12-7-8-12/h10-12H,5-9H2,1-4H3. The van der Waals surface area contributed by atoms with E-state index in [1.165, 1.54) is 25.7 Å². The Hall–Kier alpha value is -0.805. The van der Waals surface area contributed by atoms with Gasteiger partial charge in [0.15, 0.2) is 0 Å². The van der Waals surface area contributed by atoms with Gasteiger partial charge in [0, 0.05) is 24.4 Å². The van der Waals surface area contributed by atoms with Gasteiger partial charge in [0.1, 0.15) is 0 Å². The first kappa shape index (κ1) is 14.1. The molecule has 0 bridgehead atoms. The maximum atomic E-state index is 6.04. The van der Waals surface area contributed by atoms with Crippen LogP contribution in [0.1, 0.15) is 53.4 Å². The zero-order valence-corrected chi connectivity index (χ0v) is 13.1. The summed E-state index contributed by atoms with van der Waals surface area (Å²) in [6.45, 7) is 9.30. The Kier molecular flexibility index (Phi) is 3.45. The van der Waals surface area contributed by atoms with Crippen LogP contribution in [0.2, 0.25) is 0 Å². The van der Waals surface area contributed by atoms with Crippen molar-refractivity contribution in [2.24, 2.45) is 5.92 Å².